The first-order valence-electron chi connectivity index (χ1n) is 10.6. The van der Waals surface area contributed by atoms with Crippen LogP contribution < -0.4 is 11.1 Å². The number of carbonyl (C=O) groups is 2. The average molecular weight is 428 g/mol. The highest BCUT2D eigenvalue weighted by molar-refractivity contribution is 5.82. The number of rotatable bonds is 7. The van der Waals surface area contributed by atoms with Gasteiger partial charge in [-0.05, 0) is 37.3 Å². The van der Waals surface area contributed by atoms with Gasteiger partial charge in [0.1, 0.15) is 0 Å². The molecule has 168 valence electrons. The van der Waals surface area contributed by atoms with Crippen LogP contribution in [0.5, 0.6) is 0 Å². The molecule has 0 radical (unpaired) electrons. The number of aliphatic hydroxyl groups excluding tert-OH is 1. The van der Waals surface area contributed by atoms with E-state index in [1.807, 2.05) is 43.0 Å². The molecule has 1 aliphatic heterocycles. The van der Waals surface area contributed by atoms with E-state index in [1.165, 1.54) is 0 Å². The van der Waals surface area contributed by atoms with Crippen molar-refractivity contribution >= 4 is 12.3 Å². The van der Waals surface area contributed by atoms with E-state index in [-0.39, 0.29) is 30.5 Å². The smallest absolute Gasteiger partial charge is 0.239 e. The van der Waals surface area contributed by atoms with Crippen molar-refractivity contribution in [1.82, 2.24) is 20.2 Å². The van der Waals surface area contributed by atoms with Crippen LogP contribution in [0.15, 0.2) is 42.7 Å². The lowest BCUT2D eigenvalue weighted by atomic mass is 10.0. The lowest BCUT2D eigenvalue weighted by Gasteiger charge is -2.26. The molecule has 3 unspecified atom stereocenters. The normalized spacial score (nSPS) is 17.5. The van der Waals surface area contributed by atoms with Gasteiger partial charge in [-0.2, -0.15) is 0 Å². The number of benzene rings is 1. The molecule has 2 amide bonds. The van der Waals surface area contributed by atoms with E-state index >= 15 is 0 Å². The number of nitrogens with one attached hydrogen (secondary N) is 1. The van der Waals surface area contributed by atoms with E-state index in [0.29, 0.717) is 18.3 Å². The van der Waals surface area contributed by atoms with Gasteiger partial charge in [0.05, 0.1) is 18.7 Å². The number of carbonyl (C=O) groups excluding carboxylic acids is 2. The Balaban J connectivity index is 0.000000233. The topological polar surface area (TPSA) is 121 Å². The Morgan fingerprint density at radius 1 is 1.29 bits per heavy atom. The van der Waals surface area contributed by atoms with Crippen LogP contribution in [0.2, 0.25) is 0 Å². The van der Waals surface area contributed by atoms with Crippen LogP contribution >= 0.6 is 0 Å². The van der Waals surface area contributed by atoms with Gasteiger partial charge in [-0.25, -0.2) is 9.97 Å². The molecular formula is C23H33N5O3. The Kier molecular flexibility index (Phi) is 9.55. The summed E-state index contributed by atoms with van der Waals surface area (Å²) in [5.74, 6) is 1.01. The van der Waals surface area contributed by atoms with E-state index in [2.05, 4.69) is 22.2 Å². The SMILES string of the molecule is CC(C)C(N)C(=O)N1CCCC1C.O=CNC(CO)c1ccc(-c2ncccn2)cc1. The van der Waals surface area contributed by atoms with E-state index in [9.17, 15) is 9.59 Å². The highest BCUT2D eigenvalue weighted by Crippen LogP contribution is 2.19. The maximum atomic E-state index is 11.8. The number of nitrogens with zero attached hydrogens (tertiary/aromatic N) is 3. The third kappa shape index (κ3) is 6.83. The van der Waals surface area contributed by atoms with Crippen molar-refractivity contribution in [3.63, 3.8) is 0 Å². The maximum Gasteiger partial charge on any atom is 0.239 e. The number of hydrogen-bond donors (Lipinski definition) is 3. The van der Waals surface area contributed by atoms with E-state index < -0.39 is 0 Å². The molecule has 2 aromatic rings. The van der Waals surface area contributed by atoms with E-state index in [0.717, 1.165) is 30.5 Å². The van der Waals surface area contributed by atoms with Crippen LogP contribution in [0.25, 0.3) is 11.4 Å². The lowest BCUT2D eigenvalue weighted by molar-refractivity contribution is -0.134. The van der Waals surface area contributed by atoms with Gasteiger partial charge < -0.3 is 21.1 Å². The van der Waals surface area contributed by atoms with Crippen LogP contribution in [0.1, 0.15) is 45.2 Å². The molecule has 3 rings (SSSR count). The summed E-state index contributed by atoms with van der Waals surface area (Å²) in [6.45, 7) is 6.82. The Hall–Kier alpha value is -2.84. The van der Waals surface area contributed by atoms with Crippen molar-refractivity contribution in [2.75, 3.05) is 13.2 Å². The Bertz CT molecular complexity index is 814. The highest BCUT2D eigenvalue weighted by atomic mass is 16.3. The number of likely N-dealkylation sites (tertiary alicyclic amines) is 1. The summed E-state index contributed by atoms with van der Waals surface area (Å²) in [6.07, 6.45) is 6.19. The molecule has 0 spiro atoms. The summed E-state index contributed by atoms with van der Waals surface area (Å²) in [6, 6.07) is 8.84. The number of hydrogen-bond acceptors (Lipinski definition) is 6. The number of nitrogens with two attached hydrogens (primary N) is 1. The minimum absolute atomic E-state index is 0.125. The van der Waals surface area contributed by atoms with Crippen LogP contribution in [-0.4, -0.2) is 57.5 Å². The predicted octanol–water partition coefficient (Wildman–Crippen LogP) is 1.90. The summed E-state index contributed by atoms with van der Waals surface area (Å²) in [4.78, 5) is 32.4. The summed E-state index contributed by atoms with van der Waals surface area (Å²) in [5.41, 5.74) is 7.54. The molecule has 0 aliphatic carbocycles. The molecule has 3 atom stereocenters. The third-order valence-electron chi connectivity index (χ3n) is 5.43. The fourth-order valence-electron chi connectivity index (χ4n) is 3.39. The van der Waals surface area contributed by atoms with Crippen LogP contribution in [0.3, 0.4) is 0 Å². The van der Waals surface area contributed by atoms with E-state index in [1.54, 1.807) is 18.5 Å². The fraction of sp³-hybridized carbons (Fsp3) is 0.478. The second kappa shape index (κ2) is 12.1. The zero-order valence-electron chi connectivity index (χ0n) is 18.4. The van der Waals surface area contributed by atoms with Gasteiger partial charge in [0.2, 0.25) is 12.3 Å². The monoisotopic (exact) mass is 427 g/mol. The van der Waals surface area contributed by atoms with Crippen molar-refractivity contribution < 1.29 is 14.7 Å². The highest BCUT2D eigenvalue weighted by Gasteiger charge is 2.29. The zero-order chi connectivity index (χ0) is 22.8. The molecule has 1 aromatic carbocycles. The molecule has 4 N–H and O–H groups in total. The molecular weight excluding hydrogens is 394 g/mol. The Morgan fingerprint density at radius 2 is 1.94 bits per heavy atom. The molecule has 31 heavy (non-hydrogen) atoms. The molecule has 8 heteroatoms. The predicted molar refractivity (Wildman–Crippen MR) is 120 cm³/mol. The molecule has 1 aromatic heterocycles. The van der Waals surface area contributed by atoms with Crippen LogP contribution in [-0.2, 0) is 9.59 Å². The van der Waals surface area contributed by atoms with Crippen molar-refractivity contribution in [2.24, 2.45) is 11.7 Å². The van der Waals surface area contributed by atoms with Crippen LogP contribution in [0.4, 0.5) is 0 Å². The average Bonchev–Trinajstić information content (AvgIpc) is 3.23. The first kappa shape index (κ1) is 24.4. The molecule has 1 fully saturated rings. The number of aromatic nitrogens is 2. The van der Waals surface area contributed by atoms with Gasteiger partial charge in [-0.15, -0.1) is 0 Å². The fourth-order valence-corrected chi connectivity index (χ4v) is 3.39. The largest absolute Gasteiger partial charge is 0.394 e. The first-order chi connectivity index (χ1) is 14.9. The van der Waals surface area contributed by atoms with Crippen LogP contribution in [0, 0.1) is 5.92 Å². The summed E-state index contributed by atoms with van der Waals surface area (Å²) in [7, 11) is 0. The minimum Gasteiger partial charge on any atom is -0.394 e. The molecule has 1 saturated heterocycles. The van der Waals surface area contributed by atoms with Crippen molar-refractivity contribution in [3.05, 3.63) is 48.3 Å². The van der Waals surface area contributed by atoms with Gasteiger partial charge in [0, 0.05) is 30.5 Å². The van der Waals surface area contributed by atoms with Gasteiger partial charge in [0.25, 0.3) is 0 Å². The van der Waals surface area contributed by atoms with Gasteiger partial charge >= 0.3 is 0 Å². The lowest BCUT2D eigenvalue weighted by Crippen LogP contribution is -2.47. The number of amides is 2. The molecule has 8 nitrogen and oxygen atoms in total. The van der Waals surface area contributed by atoms with Crippen molar-refractivity contribution in [2.45, 2.75) is 51.7 Å². The Morgan fingerprint density at radius 3 is 2.42 bits per heavy atom. The molecule has 0 saturated carbocycles. The van der Waals surface area contributed by atoms with Gasteiger partial charge in [-0.3, -0.25) is 9.59 Å². The molecule has 1 aliphatic rings. The van der Waals surface area contributed by atoms with Gasteiger partial charge in [-0.1, -0.05) is 38.1 Å². The summed E-state index contributed by atoms with van der Waals surface area (Å²) in [5, 5.41) is 11.7. The summed E-state index contributed by atoms with van der Waals surface area (Å²) >= 11 is 0. The second-order valence-electron chi connectivity index (χ2n) is 8.01. The van der Waals surface area contributed by atoms with E-state index in [4.69, 9.17) is 10.8 Å². The first-order valence-corrected chi connectivity index (χ1v) is 10.6. The minimum atomic E-state index is -0.381. The number of aliphatic hydroxyl groups is 1. The molecule has 2 heterocycles. The quantitative estimate of drug-likeness (QED) is 0.580. The van der Waals surface area contributed by atoms with Gasteiger partial charge in [0.15, 0.2) is 5.82 Å². The standard InChI is InChI=1S/C13H13N3O2.C10H20N2O/c17-8-12(16-9-18)10-2-4-11(5-3-10)13-14-6-1-7-15-13;1-7(2)9(11)10(13)12-6-4-5-8(12)3/h1-7,9,12,17H,8H2,(H,16,18);7-9H,4-6,11H2,1-3H3. The van der Waals surface area contributed by atoms with Crippen molar-refractivity contribution in [1.29, 1.82) is 0 Å². The third-order valence-corrected chi connectivity index (χ3v) is 5.43. The second-order valence-corrected chi connectivity index (χ2v) is 8.01. The maximum absolute atomic E-state index is 11.8. The molecule has 0 bridgehead atoms. The van der Waals surface area contributed by atoms with Crippen molar-refractivity contribution in [3.8, 4) is 11.4 Å². The summed E-state index contributed by atoms with van der Waals surface area (Å²) < 4.78 is 0. The Labute approximate surface area is 183 Å². The zero-order valence-corrected chi connectivity index (χ0v) is 18.4.